The van der Waals surface area contributed by atoms with E-state index in [2.05, 4.69) is 9.71 Å². The van der Waals surface area contributed by atoms with Gasteiger partial charge in [-0.2, -0.15) is 0 Å². The second-order valence-electron chi connectivity index (χ2n) is 5.87. The van der Waals surface area contributed by atoms with Gasteiger partial charge in [0.05, 0.1) is 18.1 Å². The Morgan fingerprint density at radius 2 is 1.93 bits per heavy atom. The molecule has 0 radical (unpaired) electrons. The molecule has 0 saturated carbocycles. The fraction of sp³-hybridized carbons (Fsp3) is 0.105. The number of thioether (sulfide) groups is 1. The van der Waals surface area contributed by atoms with Crippen molar-refractivity contribution >= 4 is 33.2 Å². The van der Waals surface area contributed by atoms with Crippen LogP contribution < -0.4 is 9.46 Å². The molecule has 0 aliphatic carbocycles. The molecule has 2 aromatic carbocycles. The molecule has 1 aromatic heterocycles. The lowest BCUT2D eigenvalue weighted by Crippen LogP contribution is -2.14. The third-order valence-electron chi connectivity index (χ3n) is 3.89. The maximum atomic E-state index is 12.7. The number of nitro groups is 1. The van der Waals surface area contributed by atoms with Crippen LogP contribution in [0.5, 0.6) is 5.75 Å². The third-order valence-corrected chi connectivity index (χ3v) is 6.40. The Labute approximate surface area is 172 Å². The number of aromatic nitrogens is 1. The largest absolute Gasteiger partial charge is 0.497 e. The van der Waals surface area contributed by atoms with E-state index in [1.165, 1.54) is 13.2 Å². The number of sulfonamides is 1. The Hall–Kier alpha value is -3.11. The minimum Gasteiger partial charge on any atom is -0.497 e. The lowest BCUT2D eigenvalue weighted by Gasteiger charge is -2.10. The summed E-state index contributed by atoms with van der Waals surface area (Å²) >= 11 is 1.59. The number of ether oxygens (including phenoxy) is 1. The number of rotatable bonds is 8. The molecule has 1 N–H and O–H groups in total. The van der Waals surface area contributed by atoms with Crippen molar-refractivity contribution in [2.75, 3.05) is 11.8 Å². The molecule has 1 heterocycles. The van der Waals surface area contributed by atoms with E-state index in [1.807, 2.05) is 12.1 Å². The lowest BCUT2D eigenvalue weighted by molar-refractivity contribution is -0.387. The van der Waals surface area contributed by atoms with Crippen molar-refractivity contribution in [3.63, 3.8) is 0 Å². The first-order valence-corrected chi connectivity index (χ1v) is 10.8. The molecule has 150 valence electrons. The number of benzene rings is 2. The maximum Gasteiger partial charge on any atom is 0.293 e. The zero-order chi connectivity index (χ0) is 20.9. The highest BCUT2D eigenvalue weighted by molar-refractivity contribution is 7.98. The highest BCUT2D eigenvalue weighted by Gasteiger charge is 2.26. The SMILES string of the molecule is COc1ccc(S(=O)(=O)Nc2ccc(SCc3cccnc3)cc2)c([N+](=O)[O-])c1. The molecular weight excluding hydrogens is 414 g/mol. The Morgan fingerprint density at radius 1 is 1.17 bits per heavy atom. The van der Waals surface area contributed by atoms with E-state index in [1.54, 1.807) is 48.4 Å². The maximum absolute atomic E-state index is 12.7. The lowest BCUT2D eigenvalue weighted by atomic mass is 10.3. The summed E-state index contributed by atoms with van der Waals surface area (Å²) in [6, 6.07) is 14.2. The molecule has 3 rings (SSSR count). The molecule has 10 heteroatoms. The highest BCUT2D eigenvalue weighted by atomic mass is 32.2. The number of pyridine rings is 1. The summed E-state index contributed by atoms with van der Waals surface area (Å²) in [6.45, 7) is 0. The molecule has 0 amide bonds. The zero-order valence-electron chi connectivity index (χ0n) is 15.3. The molecule has 3 aromatic rings. The molecule has 0 aliphatic heterocycles. The summed E-state index contributed by atoms with van der Waals surface area (Å²) in [6.07, 6.45) is 3.50. The summed E-state index contributed by atoms with van der Waals surface area (Å²) in [7, 11) is -2.80. The summed E-state index contributed by atoms with van der Waals surface area (Å²) in [5.74, 6) is 0.933. The highest BCUT2D eigenvalue weighted by Crippen LogP contribution is 2.30. The molecule has 0 spiro atoms. The smallest absolute Gasteiger partial charge is 0.293 e. The average Bonchev–Trinajstić information content (AvgIpc) is 2.73. The van der Waals surface area contributed by atoms with Crippen LogP contribution in [0.1, 0.15) is 5.56 Å². The van der Waals surface area contributed by atoms with Gasteiger partial charge in [0.1, 0.15) is 5.75 Å². The third kappa shape index (κ3) is 5.24. The molecule has 0 aliphatic rings. The standard InChI is InChI=1S/C19H17N3O5S2/c1-27-16-6-9-19(18(11-16)22(23)24)29(25,26)21-15-4-7-17(8-5-15)28-13-14-3-2-10-20-12-14/h2-12,21H,13H2,1H3. The van der Waals surface area contributed by atoms with E-state index < -0.39 is 25.5 Å². The summed E-state index contributed by atoms with van der Waals surface area (Å²) in [5, 5.41) is 11.3. The fourth-order valence-electron chi connectivity index (χ4n) is 2.47. The average molecular weight is 431 g/mol. The first-order chi connectivity index (χ1) is 13.9. The van der Waals surface area contributed by atoms with Crippen molar-refractivity contribution in [3.05, 3.63) is 82.7 Å². The second-order valence-corrected chi connectivity index (χ2v) is 8.57. The van der Waals surface area contributed by atoms with Crippen LogP contribution in [-0.2, 0) is 15.8 Å². The van der Waals surface area contributed by atoms with Crippen LogP contribution in [0, 0.1) is 10.1 Å². The van der Waals surface area contributed by atoms with Gasteiger partial charge in [0.25, 0.3) is 15.7 Å². The summed E-state index contributed by atoms with van der Waals surface area (Å²) in [4.78, 5) is 15.1. The number of hydrogen-bond donors (Lipinski definition) is 1. The van der Waals surface area contributed by atoms with Crippen LogP contribution in [-0.4, -0.2) is 25.4 Å². The van der Waals surface area contributed by atoms with E-state index >= 15 is 0 Å². The van der Waals surface area contributed by atoms with E-state index in [9.17, 15) is 18.5 Å². The number of anilines is 1. The van der Waals surface area contributed by atoms with E-state index in [4.69, 9.17) is 4.74 Å². The van der Waals surface area contributed by atoms with Crippen molar-refractivity contribution in [2.45, 2.75) is 15.5 Å². The van der Waals surface area contributed by atoms with Crippen molar-refractivity contribution in [2.24, 2.45) is 0 Å². The van der Waals surface area contributed by atoms with Gasteiger partial charge in [-0.25, -0.2) is 8.42 Å². The van der Waals surface area contributed by atoms with Gasteiger partial charge in [-0.1, -0.05) is 6.07 Å². The molecule has 0 saturated heterocycles. The van der Waals surface area contributed by atoms with Gasteiger partial charge in [0.15, 0.2) is 4.90 Å². The number of nitrogens with zero attached hydrogens (tertiary/aromatic N) is 2. The first-order valence-electron chi connectivity index (χ1n) is 8.36. The van der Waals surface area contributed by atoms with Crippen LogP contribution in [0.4, 0.5) is 11.4 Å². The van der Waals surface area contributed by atoms with Gasteiger partial charge in [-0.05, 0) is 48.0 Å². The molecule has 29 heavy (non-hydrogen) atoms. The fourth-order valence-corrected chi connectivity index (χ4v) is 4.52. The molecule has 0 unspecified atom stereocenters. The molecule has 8 nitrogen and oxygen atoms in total. The minimum absolute atomic E-state index is 0.200. The second kappa shape index (κ2) is 8.93. The van der Waals surface area contributed by atoms with Crippen molar-refractivity contribution in [3.8, 4) is 5.75 Å². The van der Waals surface area contributed by atoms with Crippen LogP contribution >= 0.6 is 11.8 Å². The van der Waals surface area contributed by atoms with Crippen LogP contribution in [0.2, 0.25) is 0 Å². The quantitative estimate of drug-likeness (QED) is 0.325. The van der Waals surface area contributed by atoms with Gasteiger partial charge in [-0.3, -0.25) is 19.8 Å². The van der Waals surface area contributed by atoms with E-state index in [0.29, 0.717) is 5.69 Å². The van der Waals surface area contributed by atoms with Gasteiger partial charge < -0.3 is 4.74 Å². The van der Waals surface area contributed by atoms with E-state index in [0.717, 1.165) is 28.3 Å². The monoisotopic (exact) mass is 431 g/mol. The Balaban J connectivity index is 1.74. The summed E-state index contributed by atoms with van der Waals surface area (Å²) in [5.41, 5.74) is 0.829. The first kappa shape index (κ1) is 20.6. The van der Waals surface area contributed by atoms with Crippen LogP contribution in [0.25, 0.3) is 0 Å². The van der Waals surface area contributed by atoms with Crippen molar-refractivity contribution in [1.29, 1.82) is 0 Å². The van der Waals surface area contributed by atoms with Gasteiger partial charge in [-0.15, -0.1) is 11.8 Å². The molecule has 0 bridgehead atoms. The topological polar surface area (TPSA) is 111 Å². The Bertz CT molecular complexity index is 1100. The molecule has 0 atom stereocenters. The van der Waals surface area contributed by atoms with Crippen LogP contribution in [0.3, 0.4) is 0 Å². The van der Waals surface area contributed by atoms with E-state index in [-0.39, 0.29) is 5.75 Å². The summed E-state index contributed by atoms with van der Waals surface area (Å²) < 4.78 is 32.6. The minimum atomic E-state index is -4.14. The van der Waals surface area contributed by atoms with Gasteiger partial charge >= 0.3 is 0 Å². The Kier molecular flexibility index (Phi) is 6.35. The Morgan fingerprint density at radius 3 is 2.55 bits per heavy atom. The molecular formula is C19H17N3O5S2. The number of nitrogens with one attached hydrogen (secondary N) is 1. The normalized spacial score (nSPS) is 11.1. The zero-order valence-corrected chi connectivity index (χ0v) is 16.9. The molecule has 0 fully saturated rings. The number of hydrogen-bond acceptors (Lipinski definition) is 7. The number of methoxy groups -OCH3 is 1. The predicted octanol–water partition coefficient (Wildman–Crippen LogP) is 4.09. The van der Waals surface area contributed by atoms with Crippen LogP contribution in [0.15, 0.2) is 76.8 Å². The number of nitro benzene ring substituents is 1. The van der Waals surface area contributed by atoms with Crippen molar-refractivity contribution < 1.29 is 18.1 Å². The van der Waals surface area contributed by atoms with Gasteiger partial charge in [0, 0.05) is 28.7 Å². The predicted molar refractivity (Wildman–Crippen MR) is 111 cm³/mol. The van der Waals surface area contributed by atoms with Crippen molar-refractivity contribution in [1.82, 2.24) is 4.98 Å². The van der Waals surface area contributed by atoms with Gasteiger partial charge in [0.2, 0.25) is 0 Å².